The second-order valence-electron chi connectivity index (χ2n) is 6.36. The number of amides is 1. The van der Waals surface area contributed by atoms with Crippen LogP contribution in [0.3, 0.4) is 0 Å². The maximum absolute atomic E-state index is 12.6. The molecule has 0 saturated heterocycles. The van der Waals surface area contributed by atoms with E-state index in [0.717, 1.165) is 25.7 Å². The summed E-state index contributed by atoms with van der Waals surface area (Å²) in [5.41, 5.74) is 5.68. The van der Waals surface area contributed by atoms with Gasteiger partial charge in [-0.15, -0.1) is 0 Å². The van der Waals surface area contributed by atoms with Crippen LogP contribution in [0.15, 0.2) is 0 Å². The van der Waals surface area contributed by atoms with Gasteiger partial charge in [-0.3, -0.25) is 9.59 Å². The molecule has 0 aromatic carbocycles. The van der Waals surface area contributed by atoms with Crippen molar-refractivity contribution in [2.45, 2.75) is 64.5 Å². The van der Waals surface area contributed by atoms with Gasteiger partial charge in [0.1, 0.15) is 0 Å². The number of rotatable bonds is 4. The zero-order valence-electron chi connectivity index (χ0n) is 12.2. The minimum absolute atomic E-state index is 0.0148. The molecule has 3 N–H and O–H groups in total. The first-order valence-corrected chi connectivity index (χ1v) is 7.02. The summed E-state index contributed by atoms with van der Waals surface area (Å²) in [6.45, 7) is 6.05. The molecule has 0 spiro atoms. The van der Waals surface area contributed by atoms with Crippen LogP contribution in [0.1, 0.15) is 52.9 Å². The van der Waals surface area contributed by atoms with E-state index < -0.39 is 5.97 Å². The molecular formula is C14H26N2O3. The SMILES string of the molecule is CC(C)(C)N(CCC(=O)O)C(=O)C1CCCCC1N. The van der Waals surface area contributed by atoms with E-state index in [0.29, 0.717) is 0 Å². The van der Waals surface area contributed by atoms with Gasteiger partial charge < -0.3 is 15.7 Å². The van der Waals surface area contributed by atoms with Crippen LogP contribution < -0.4 is 5.73 Å². The van der Waals surface area contributed by atoms with Crippen LogP contribution in [0.2, 0.25) is 0 Å². The molecule has 0 heterocycles. The van der Waals surface area contributed by atoms with E-state index in [4.69, 9.17) is 10.8 Å². The molecule has 1 aliphatic carbocycles. The van der Waals surface area contributed by atoms with Crippen LogP contribution in [0, 0.1) is 5.92 Å². The summed E-state index contributed by atoms with van der Waals surface area (Å²) in [6, 6.07) is -0.0871. The lowest BCUT2D eigenvalue weighted by Crippen LogP contribution is -2.53. The van der Waals surface area contributed by atoms with Crippen LogP contribution in [-0.2, 0) is 9.59 Å². The Morgan fingerprint density at radius 2 is 1.84 bits per heavy atom. The molecule has 1 fully saturated rings. The number of aliphatic carboxylic acids is 1. The lowest BCUT2D eigenvalue weighted by molar-refractivity contribution is -0.144. The number of nitrogens with zero attached hydrogens (tertiary/aromatic N) is 1. The molecule has 0 aromatic heterocycles. The largest absolute Gasteiger partial charge is 0.481 e. The van der Waals surface area contributed by atoms with Crippen molar-refractivity contribution in [3.05, 3.63) is 0 Å². The number of carbonyl (C=O) groups excluding carboxylic acids is 1. The van der Waals surface area contributed by atoms with Crippen LogP contribution >= 0.6 is 0 Å². The number of hydrogen-bond donors (Lipinski definition) is 2. The Morgan fingerprint density at radius 3 is 2.32 bits per heavy atom. The van der Waals surface area contributed by atoms with E-state index in [1.54, 1.807) is 4.90 Å². The molecule has 2 atom stereocenters. The molecular weight excluding hydrogens is 244 g/mol. The average Bonchev–Trinajstić information content (AvgIpc) is 2.27. The predicted octanol–water partition coefficient (Wildman–Crippen LogP) is 1.61. The fourth-order valence-corrected chi connectivity index (χ4v) is 2.65. The summed E-state index contributed by atoms with van der Waals surface area (Å²) in [7, 11) is 0. The Hall–Kier alpha value is -1.10. The molecule has 5 heteroatoms. The first-order valence-electron chi connectivity index (χ1n) is 7.02. The van der Waals surface area contributed by atoms with Gasteiger partial charge in [0.2, 0.25) is 5.91 Å². The molecule has 0 bridgehead atoms. The highest BCUT2D eigenvalue weighted by molar-refractivity contribution is 5.81. The highest BCUT2D eigenvalue weighted by atomic mass is 16.4. The molecule has 0 aliphatic heterocycles. The van der Waals surface area contributed by atoms with Gasteiger partial charge in [0, 0.05) is 18.1 Å². The molecule has 1 amide bonds. The fraction of sp³-hybridized carbons (Fsp3) is 0.857. The summed E-state index contributed by atoms with van der Waals surface area (Å²) in [5, 5.41) is 8.81. The van der Waals surface area contributed by atoms with Gasteiger partial charge in [0.05, 0.1) is 12.3 Å². The van der Waals surface area contributed by atoms with Gasteiger partial charge in [0.25, 0.3) is 0 Å². The van der Waals surface area contributed by atoms with Crippen LogP contribution in [0.5, 0.6) is 0 Å². The van der Waals surface area contributed by atoms with E-state index in [2.05, 4.69) is 0 Å². The first-order chi connectivity index (χ1) is 8.73. The Balaban J connectivity index is 2.78. The third kappa shape index (κ3) is 4.49. The third-order valence-corrected chi connectivity index (χ3v) is 3.76. The van der Waals surface area contributed by atoms with Crippen LogP contribution in [0.4, 0.5) is 0 Å². The van der Waals surface area contributed by atoms with Crippen LogP contribution in [0.25, 0.3) is 0 Å². The summed E-state index contributed by atoms with van der Waals surface area (Å²) in [5.74, 6) is -1.02. The average molecular weight is 270 g/mol. The van der Waals surface area contributed by atoms with Crippen LogP contribution in [-0.4, -0.2) is 40.0 Å². The first kappa shape index (κ1) is 16.0. The fourth-order valence-electron chi connectivity index (χ4n) is 2.65. The van der Waals surface area contributed by atoms with Gasteiger partial charge in [0.15, 0.2) is 0 Å². The highest BCUT2D eigenvalue weighted by Gasteiger charge is 2.35. The van der Waals surface area contributed by atoms with Crippen molar-refractivity contribution in [2.24, 2.45) is 11.7 Å². The molecule has 0 radical (unpaired) electrons. The Morgan fingerprint density at radius 1 is 1.26 bits per heavy atom. The maximum Gasteiger partial charge on any atom is 0.305 e. The quantitative estimate of drug-likeness (QED) is 0.813. The summed E-state index contributed by atoms with van der Waals surface area (Å²) >= 11 is 0. The molecule has 19 heavy (non-hydrogen) atoms. The number of carbonyl (C=O) groups is 2. The Kier molecular flexibility index (Phi) is 5.35. The topological polar surface area (TPSA) is 83.6 Å². The van der Waals surface area contributed by atoms with Gasteiger partial charge in [-0.05, 0) is 33.6 Å². The zero-order chi connectivity index (χ0) is 14.6. The Labute approximate surface area is 115 Å². The number of nitrogens with two attached hydrogens (primary N) is 1. The lowest BCUT2D eigenvalue weighted by atomic mass is 9.83. The molecule has 2 unspecified atom stereocenters. The predicted molar refractivity (Wildman–Crippen MR) is 73.7 cm³/mol. The van der Waals surface area contributed by atoms with E-state index in [1.165, 1.54) is 0 Å². The van der Waals surface area contributed by atoms with Crippen molar-refractivity contribution in [3.8, 4) is 0 Å². The number of carboxylic acid groups (broad SMARTS) is 1. The second-order valence-corrected chi connectivity index (χ2v) is 6.36. The monoisotopic (exact) mass is 270 g/mol. The smallest absolute Gasteiger partial charge is 0.305 e. The van der Waals surface area contributed by atoms with Crippen molar-refractivity contribution in [1.82, 2.24) is 4.90 Å². The second kappa shape index (κ2) is 6.37. The minimum Gasteiger partial charge on any atom is -0.481 e. The summed E-state index contributed by atoms with van der Waals surface area (Å²) in [6.07, 6.45) is 3.79. The van der Waals surface area contributed by atoms with Crippen molar-refractivity contribution in [3.63, 3.8) is 0 Å². The number of carboxylic acids is 1. The zero-order valence-corrected chi connectivity index (χ0v) is 12.2. The van der Waals surface area contributed by atoms with Gasteiger partial charge in [-0.1, -0.05) is 12.8 Å². The minimum atomic E-state index is -0.880. The molecule has 0 aromatic rings. The van der Waals surface area contributed by atoms with E-state index >= 15 is 0 Å². The van der Waals surface area contributed by atoms with Crippen molar-refractivity contribution >= 4 is 11.9 Å². The molecule has 5 nitrogen and oxygen atoms in total. The summed E-state index contributed by atoms with van der Waals surface area (Å²) < 4.78 is 0. The lowest BCUT2D eigenvalue weighted by Gasteiger charge is -2.40. The highest BCUT2D eigenvalue weighted by Crippen LogP contribution is 2.27. The maximum atomic E-state index is 12.6. The van der Waals surface area contributed by atoms with Gasteiger partial charge >= 0.3 is 5.97 Å². The van der Waals surface area contributed by atoms with E-state index in [9.17, 15) is 9.59 Å². The number of hydrogen-bond acceptors (Lipinski definition) is 3. The molecule has 1 rings (SSSR count). The Bertz CT molecular complexity index is 336. The standard InChI is InChI=1S/C14H26N2O3/c1-14(2,3)16(9-8-12(17)18)13(19)10-6-4-5-7-11(10)15/h10-11H,4-9,15H2,1-3H3,(H,17,18). The molecule has 110 valence electrons. The molecule has 1 saturated carbocycles. The normalized spacial score (nSPS) is 24.0. The van der Waals surface area contributed by atoms with Gasteiger partial charge in [-0.2, -0.15) is 0 Å². The van der Waals surface area contributed by atoms with Gasteiger partial charge in [-0.25, -0.2) is 0 Å². The molecule has 1 aliphatic rings. The van der Waals surface area contributed by atoms with E-state index in [-0.39, 0.29) is 36.4 Å². The third-order valence-electron chi connectivity index (χ3n) is 3.76. The van der Waals surface area contributed by atoms with E-state index in [1.807, 2.05) is 20.8 Å². The summed E-state index contributed by atoms with van der Waals surface area (Å²) in [4.78, 5) is 25.0. The van der Waals surface area contributed by atoms with Crippen molar-refractivity contribution < 1.29 is 14.7 Å². The van der Waals surface area contributed by atoms with Crippen molar-refractivity contribution in [2.75, 3.05) is 6.54 Å². The van der Waals surface area contributed by atoms with Crippen molar-refractivity contribution in [1.29, 1.82) is 0 Å².